The molecule has 0 amide bonds. The monoisotopic (exact) mass is 465 g/mol. The molecule has 3 heterocycles. The van der Waals surface area contributed by atoms with Crippen LogP contribution < -0.4 is 10.7 Å². The van der Waals surface area contributed by atoms with Crippen LogP contribution in [0.25, 0.3) is 0 Å². The molecule has 0 saturated carbocycles. The summed E-state index contributed by atoms with van der Waals surface area (Å²) in [7, 11) is 1.92. The van der Waals surface area contributed by atoms with Crippen LogP contribution in [0.5, 0.6) is 0 Å². The molecule has 178 valence electrons. The van der Waals surface area contributed by atoms with Crippen molar-refractivity contribution in [3.8, 4) is 0 Å². The third-order valence-electron chi connectivity index (χ3n) is 6.62. The zero-order chi connectivity index (χ0) is 23.7. The van der Waals surface area contributed by atoms with Crippen molar-refractivity contribution in [3.05, 3.63) is 70.5 Å². The Balaban J connectivity index is 1.66. The van der Waals surface area contributed by atoms with Gasteiger partial charge in [0, 0.05) is 43.8 Å². The van der Waals surface area contributed by atoms with Crippen molar-refractivity contribution in [2.24, 2.45) is 4.99 Å². The van der Waals surface area contributed by atoms with Gasteiger partial charge in [0.1, 0.15) is 24.4 Å². The average Bonchev–Trinajstić information content (AvgIpc) is 3.23. The number of nitrogens with one attached hydrogen (secondary N) is 2. The number of aryl methyl sites for hydroxylation is 1. The number of benzene rings is 1. The number of ketones is 1. The molecule has 9 nitrogen and oxygen atoms in total. The molecule has 2 aliphatic heterocycles. The van der Waals surface area contributed by atoms with Crippen molar-refractivity contribution in [3.63, 3.8) is 0 Å². The number of nitrogens with zero attached hydrogens (tertiary/aromatic N) is 5. The summed E-state index contributed by atoms with van der Waals surface area (Å²) in [6, 6.07) is 8.47. The van der Waals surface area contributed by atoms with Crippen LogP contribution in [0.4, 0.5) is 4.48 Å². The van der Waals surface area contributed by atoms with Gasteiger partial charge in [-0.1, -0.05) is 28.7 Å². The first-order chi connectivity index (χ1) is 16.6. The van der Waals surface area contributed by atoms with E-state index in [0.717, 1.165) is 17.7 Å². The number of allylic oxidation sites excluding steroid dienone is 1. The predicted molar refractivity (Wildman–Crippen MR) is 124 cm³/mol. The van der Waals surface area contributed by atoms with Crippen molar-refractivity contribution in [1.82, 2.24) is 30.7 Å². The standard InChI is InChI=1S/C24H28FN7O2/c1-26-11-15-3-5-16(6-4-15)19-9-17-12-29-32(25)20-10-18(34)13-27-23(21(17)20)22(19)24-28-14-30-31(24)7-2-8-33/h3-6,10,14,19,22,26,29,33H,2,7-9,11-13H2,1H3. The molecule has 2 aromatic rings. The summed E-state index contributed by atoms with van der Waals surface area (Å²) in [5, 5.41) is 17.4. The third-order valence-corrected chi connectivity index (χ3v) is 6.62. The number of hydrogen-bond acceptors (Lipinski definition) is 8. The molecule has 0 radical (unpaired) electrons. The Morgan fingerprint density at radius 1 is 1.29 bits per heavy atom. The van der Waals surface area contributed by atoms with Gasteiger partial charge in [-0.25, -0.2) is 15.1 Å². The second kappa shape index (κ2) is 9.57. The number of aliphatic hydroxyl groups excluding tert-OH is 1. The summed E-state index contributed by atoms with van der Waals surface area (Å²) in [4.78, 5) is 21.7. The first kappa shape index (κ1) is 22.6. The summed E-state index contributed by atoms with van der Waals surface area (Å²) in [5.41, 5.74) is 7.63. The van der Waals surface area contributed by atoms with Crippen molar-refractivity contribution in [2.75, 3.05) is 26.7 Å². The van der Waals surface area contributed by atoms with E-state index in [-0.39, 0.29) is 36.5 Å². The van der Waals surface area contributed by atoms with Gasteiger partial charge in [-0.05, 0) is 36.6 Å². The van der Waals surface area contributed by atoms with Gasteiger partial charge in [-0.2, -0.15) is 5.10 Å². The lowest BCUT2D eigenvalue weighted by Gasteiger charge is -2.39. The molecule has 2 unspecified atom stereocenters. The van der Waals surface area contributed by atoms with Crippen molar-refractivity contribution >= 4 is 11.5 Å². The molecule has 1 aromatic heterocycles. The molecule has 3 aliphatic rings. The van der Waals surface area contributed by atoms with E-state index in [9.17, 15) is 14.4 Å². The molecule has 0 saturated heterocycles. The van der Waals surface area contributed by atoms with E-state index in [4.69, 9.17) is 4.99 Å². The Labute approximate surface area is 197 Å². The molecular weight excluding hydrogens is 437 g/mol. The molecule has 3 N–H and O–H groups in total. The number of hydrogen-bond donors (Lipinski definition) is 3. The number of aromatic nitrogens is 3. The summed E-state index contributed by atoms with van der Waals surface area (Å²) in [6.07, 6.45) is 4.05. The maximum atomic E-state index is 14.8. The fourth-order valence-electron chi connectivity index (χ4n) is 5.11. The maximum absolute atomic E-state index is 14.8. The van der Waals surface area contributed by atoms with Crippen LogP contribution in [-0.4, -0.2) is 63.3 Å². The molecule has 1 aliphatic carbocycles. The average molecular weight is 466 g/mol. The SMILES string of the molecule is CNCc1ccc(C2CC3=C4C(=CC(=O)CN=C4C2c2ncnn2CCCO)N(F)NC3)cc1. The first-order valence-corrected chi connectivity index (χ1v) is 11.5. The van der Waals surface area contributed by atoms with Crippen LogP contribution in [-0.2, 0) is 17.9 Å². The summed E-state index contributed by atoms with van der Waals surface area (Å²) < 4.78 is 16.6. The van der Waals surface area contributed by atoms with Crippen LogP contribution in [0.1, 0.15) is 41.6 Å². The van der Waals surface area contributed by atoms with Crippen LogP contribution in [0.2, 0.25) is 0 Å². The van der Waals surface area contributed by atoms with E-state index in [2.05, 4.69) is 45.1 Å². The molecule has 34 heavy (non-hydrogen) atoms. The van der Waals surface area contributed by atoms with Crippen LogP contribution in [0, 0.1) is 0 Å². The topological polar surface area (TPSA) is 108 Å². The summed E-state index contributed by atoms with van der Waals surface area (Å²) >= 11 is 0. The predicted octanol–water partition coefficient (Wildman–Crippen LogP) is 1.56. The number of halogens is 1. The number of rotatable bonds is 7. The van der Waals surface area contributed by atoms with Crippen LogP contribution in [0.3, 0.4) is 0 Å². The lowest BCUT2D eigenvalue weighted by atomic mass is 9.69. The normalized spacial score (nSPS) is 22.3. The van der Waals surface area contributed by atoms with E-state index < -0.39 is 0 Å². The second-order valence-electron chi connectivity index (χ2n) is 8.77. The Bertz CT molecular complexity index is 1170. The fourth-order valence-corrected chi connectivity index (χ4v) is 5.11. The number of carbonyl (C=O) groups is 1. The molecule has 2 atom stereocenters. The molecule has 0 fully saturated rings. The van der Waals surface area contributed by atoms with E-state index in [1.165, 1.54) is 18.0 Å². The van der Waals surface area contributed by atoms with E-state index in [0.29, 0.717) is 48.3 Å². The lowest BCUT2D eigenvalue weighted by molar-refractivity contribution is -0.113. The smallest absolute Gasteiger partial charge is 0.179 e. The van der Waals surface area contributed by atoms with Crippen molar-refractivity contribution < 1.29 is 14.4 Å². The number of aliphatic imine (C=N–C) groups is 1. The molecule has 10 heteroatoms. The van der Waals surface area contributed by atoms with E-state index in [1.807, 2.05) is 7.05 Å². The molecule has 1 aromatic carbocycles. The highest BCUT2D eigenvalue weighted by molar-refractivity contribution is 6.13. The molecule has 0 bridgehead atoms. The van der Waals surface area contributed by atoms with Gasteiger partial charge in [0.2, 0.25) is 0 Å². The first-order valence-electron chi connectivity index (χ1n) is 11.5. The largest absolute Gasteiger partial charge is 0.396 e. The van der Waals surface area contributed by atoms with Crippen molar-refractivity contribution in [2.45, 2.75) is 37.8 Å². The summed E-state index contributed by atoms with van der Waals surface area (Å²) in [6.45, 7) is 1.62. The van der Waals surface area contributed by atoms with Gasteiger partial charge >= 0.3 is 0 Å². The lowest BCUT2D eigenvalue weighted by Crippen LogP contribution is -2.43. The molecule has 5 rings (SSSR count). The van der Waals surface area contributed by atoms with E-state index in [1.54, 1.807) is 4.68 Å². The quantitative estimate of drug-likeness (QED) is 0.533. The van der Waals surface area contributed by atoms with Gasteiger partial charge in [-0.15, -0.1) is 5.23 Å². The number of carbonyl (C=O) groups excluding carboxylic acids is 1. The van der Waals surface area contributed by atoms with Gasteiger partial charge in [0.25, 0.3) is 0 Å². The van der Waals surface area contributed by atoms with Gasteiger partial charge in [0.05, 0.1) is 11.6 Å². The molecular formula is C24H28FN7O2. The van der Waals surface area contributed by atoms with Crippen LogP contribution >= 0.6 is 0 Å². The van der Waals surface area contributed by atoms with E-state index >= 15 is 0 Å². The minimum atomic E-state index is -0.309. The Kier molecular flexibility index (Phi) is 6.36. The summed E-state index contributed by atoms with van der Waals surface area (Å²) in [5.74, 6) is 0.140. The number of aliphatic hydroxyl groups is 1. The third kappa shape index (κ3) is 4.08. The Morgan fingerprint density at radius 2 is 2.12 bits per heavy atom. The fraction of sp³-hybridized carbons (Fsp3) is 0.417. The maximum Gasteiger partial charge on any atom is 0.179 e. The number of hydrazine groups is 1. The van der Waals surface area contributed by atoms with Crippen LogP contribution in [0.15, 0.2) is 58.5 Å². The highest BCUT2D eigenvalue weighted by Gasteiger charge is 2.44. The van der Waals surface area contributed by atoms with Gasteiger partial charge in [0.15, 0.2) is 5.78 Å². The minimum absolute atomic E-state index is 0.0133. The second-order valence-corrected chi connectivity index (χ2v) is 8.77. The highest BCUT2D eigenvalue weighted by Crippen LogP contribution is 2.47. The molecule has 0 spiro atoms. The minimum Gasteiger partial charge on any atom is -0.396 e. The van der Waals surface area contributed by atoms with Crippen molar-refractivity contribution in [1.29, 1.82) is 0 Å². The Hall–Kier alpha value is -3.21. The Morgan fingerprint density at radius 3 is 2.88 bits per heavy atom. The van der Waals surface area contributed by atoms with Gasteiger partial charge < -0.3 is 10.4 Å². The zero-order valence-corrected chi connectivity index (χ0v) is 19.0. The zero-order valence-electron chi connectivity index (χ0n) is 19.0. The van der Waals surface area contributed by atoms with Gasteiger partial charge in [-0.3, -0.25) is 9.79 Å². The highest BCUT2D eigenvalue weighted by atomic mass is 19.2.